The van der Waals surface area contributed by atoms with Gasteiger partial charge in [0.15, 0.2) is 0 Å². The number of aromatic nitrogens is 3. The molecule has 0 saturated carbocycles. The fourth-order valence-electron chi connectivity index (χ4n) is 4.04. The third-order valence-electron chi connectivity index (χ3n) is 5.93. The molecule has 0 atom stereocenters. The van der Waals surface area contributed by atoms with E-state index in [-0.39, 0.29) is 5.82 Å². The number of anilines is 2. The number of nitrogens with one attached hydrogen (secondary N) is 1. The van der Waals surface area contributed by atoms with Gasteiger partial charge in [0.05, 0.1) is 0 Å². The van der Waals surface area contributed by atoms with Crippen molar-refractivity contribution in [2.75, 3.05) is 38.0 Å². The molecule has 3 heterocycles. The van der Waals surface area contributed by atoms with Gasteiger partial charge in [0.25, 0.3) is 5.71 Å². The van der Waals surface area contributed by atoms with Crippen LogP contribution in [-0.4, -0.2) is 57.6 Å². The van der Waals surface area contributed by atoms with E-state index < -0.39 is 0 Å². The molecular weight excluding hydrogens is 407 g/mol. The van der Waals surface area contributed by atoms with Crippen LogP contribution in [0, 0.1) is 5.82 Å². The van der Waals surface area contributed by atoms with Gasteiger partial charge in [0.1, 0.15) is 29.0 Å². The van der Waals surface area contributed by atoms with Crippen LogP contribution in [0.3, 0.4) is 0 Å². The average molecular weight is 433 g/mol. The number of benzene rings is 2. The van der Waals surface area contributed by atoms with E-state index >= 15 is 0 Å². The van der Waals surface area contributed by atoms with E-state index in [1.807, 2.05) is 0 Å². The molecule has 4 aromatic rings. The molecule has 0 radical (unpaired) electrons. The maximum Gasteiger partial charge on any atom is 0.263 e. The first-order chi connectivity index (χ1) is 15.7. The van der Waals surface area contributed by atoms with E-state index in [2.05, 4.69) is 61.4 Å². The second kappa shape index (κ2) is 9.02. The van der Waals surface area contributed by atoms with Crippen molar-refractivity contribution >= 4 is 22.6 Å². The van der Waals surface area contributed by atoms with Gasteiger partial charge in [-0.15, -0.1) is 0 Å². The summed E-state index contributed by atoms with van der Waals surface area (Å²) in [6.45, 7) is 8.77. The van der Waals surface area contributed by atoms with E-state index in [9.17, 15) is 4.39 Å². The molecule has 0 amide bonds. The van der Waals surface area contributed by atoms with E-state index in [4.69, 9.17) is 4.52 Å². The minimum absolute atomic E-state index is 0.302. The maximum absolute atomic E-state index is 13.3. The molecular formula is C24H25FN6O. The van der Waals surface area contributed by atoms with Crippen LogP contribution in [0.1, 0.15) is 12.5 Å². The Labute approximate surface area is 185 Å². The molecule has 164 valence electrons. The Bertz CT molecular complexity index is 1180. The minimum atomic E-state index is -0.302. The van der Waals surface area contributed by atoms with Gasteiger partial charge < -0.3 is 14.7 Å². The molecule has 0 aliphatic carbocycles. The molecule has 7 nitrogen and oxygen atoms in total. The summed E-state index contributed by atoms with van der Waals surface area (Å²) in [6.07, 6.45) is 1.44. The van der Waals surface area contributed by atoms with Gasteiger partial charge in [-0.2, -0.15) is 4.98 Å². The first kappa shape index (κ1) is 20.5. The molecule has 0 unspecified atom stereocenters. The number of hydrogen-bond donors (Lipinski definition) is 1. The van der Waals surface area contributed by atoms with Crippen LogP contribution in [0.5, 0.6) is 0 Å². The van der Waals surface area contributed by atoms with Gasteiger partial charge in [0, 0.05) is 44.0 Å². The third-order valence-corrected chi connectivity index (χ3v) is 5.93. The molecule has 32 heavy (non-hydrogen) atoms. The summed E-state index contributed by atoms with van der Waals surface area (Å²) >= 11 is 0. The third kappa shape index (κ3) is 4.32. The zero-order valence-corrected chi connectivity index (χ0v) is 18.0. The van der Waals surface area contributed by atoms with Crippen LogP contribution in [0.2, 0.25) is 0 Å². The predicted molar refractivity (Wildman–Crippen MR) is 122 cm³/mol. The first-order valence-electron chi connectivity index (χ1n) is 10.9. The van der Waals surface area contributed by atoms with E-state index in [0.29, 0.717) is 22.6 Å². The van der Waals surface area contributed by atoms with Crippen molar-refractivity contribution < 1.29 is 8.91 Å². The van der Waals surface area contributed by atoms with Crippen LogP contribution in [0.15, 0.2) is 59.4 Å². The molecule has 1 aliphatic heterocycles. The van der Waals surface area contributed by atoms with Crippen molar-refractivity contribution in [3.8, 4) is 11.3 Å². The Morgan fingerprint density at radius 3 is 2.38 bits per heavy atom. The number of nitrogens with zero attached hydrogens (tertiary/aromatic N) is 5. The van der Waals surface area contributed by atoms with Crippen molar-refractivity contribution in [2.45, 2.75) is 13.5 Å². The van der Waals surface area contributed by atoms with Gasteiger partial charge in [0.2, 0.25) is 0 Å². The van der Waals surface area contributed by atoms with Gasteiger partial charge >= 0.3 is 0 Å². The molecule has 8 heteroatoms. The lowest BCUT2D eigenvalue weighted by atomic mass is 10.1. The van der Waals surface area contributed by atoms with Gasteiger partial charge in [-0.1, -0.05) is 24.2 Å². The zero-order valence-electron chi connectivity index (χ0n) is 18.0. The first-order valence-corrected chi connectivity index (χ1v) is 10.9. The molecule has 1 N–H and O–H groups in total. The van der Waals surface area contributed by atoms with Crippen molar-refractivity contribution in [2.24, 2.45) is 0 Å². The highest BCUT2D eigenvalue weighted by Gasteiger charge is 2.18. The van der Waals surface area contributed by atoms with Crippen molar-refractivity contribution in [1.82, 2.24) is 24.9 Å². The highest BCUT2D eigenvalue weighted by atomic mass is 19.1. The van der Waals surface area contributed by atoms with Crippen molar-refractivity contribution in [3.05, 3.63) is 66.2 Å². The van der Waals surface area contributed by atoms with Crippen LogP contribution >= 0.6 is 0 Å². The quantitative estimate of drug-likeness (QED) is 0.487. The Balaban J connectivity index is 1.33. The number of likely N-dealkylation sites (N-methyl/N-ethyl adjacent to an activating group) is 1. The zero-order chi connectivity index (χ0) is 21.9. The van der Waals surface area contributed by atoms with Crippen molar-refractivity contribution in [1.29, 1.82) is 0 Å². The molecule has 1 saturated heterocycles. The Morgan fingerprint density at radius 2 is 1.66 bits per heavy atom. The molecule has 0 bridgehead atoms. The van der Waals surface area contributed by atoms with E-state index in [1.54, 1.807) is 12.1 Å². The Kier molecular flexibility index (Phi) is 5.79. The van der Waals surface area contributed by atoms with Crippen LogP contribution in [0.4, 0.5) is 15.9 Å². The van der Waals surface area contributed by atoms with Gasteiger partial charge in [-0.05, 0) is 48.5 Å². The highest BCUT2D eigenvalue weighted by Crippen LogP contribution is 2.32. The van der Waals surface area contributed by atoms with E-state index in [1.165, 1.54) is 24.0 Å². The van der Waals surface area contributed by atoms with Crippen LogP contribution < -0.4 is 5.32 Å². The number of rotatable bonds is 6. The smallest absolute Gasteiger partial charge is 0.263 e. The Morgan fingerprint density at radius 1 is 0.938 bits per heavy atom. The number of hydrogen-bond acceptors (Lipinski definition) is 7. The monoisotopic (exact) mass is 432 g/mol. The van der Waals surface area contributed by atoms with Crippen LogP contribution in [0.25, 0.3) is 22.4 Å². The summed E-state index contributed by atoms with van der Waals surface area (Å²) in [5.41, 5.74) is 3.89. The summed E-state index contributed by atoms with van der Waals surface area (Å²) in [6, 6.07) is 14.5. The normalized spacial score (nSPS) is 15.3. The topological polar surface area (TPSA) is 70.3 Å². The Hall–Kier alpha value is -3.36. The summed E-state index contributed by atoms with van der Waals surface area (Å²) in [7, 11) is 0. The fraction of sp³-hybridized carbons (Fsp3) is 0.292. The second-order valence-electron chi connectivity index (χ2n) is 7.97. The number of piperazine rings is 1. The lowest BCUT2D eigenvalue weighted by Gasteiger charge is -2.34. The fourth-order valence-corrected chi connectivity index (χ4v) is 4.04. The largest absolute Gasteiger partial charge is 0.339 e. The summed E-state index contributed by atoms with van der Waals surface area (Å²) < 4.78 is 18.7. The standard InChI is InChI=1S/C24H25FN6O/c1-2-30-11-13-31(14-12-30)15-17-3-9-20(10-4-17)28-23-21-22(18-5-7-19(25)8-6-18)29-32-24(21)27-16-26-23/h3-10,16H,2,11-15H2,1H3,(H,26,27,28). The van der Waals surface area contributed by atoms with Crippen LogP contribution in [-0.2, 0) is 6.54 Å². The average Bonchev–Trinajstić information content (AvgIpc) is 3.27. The lowest BCUT2D eigenvalue weighted by Crippen LogP contribution is -2.45. The number of halogens is 1. The minimum Gasteiger partial charge on any atom is -0.339 e. The molecule has 2 aromatic carbocycles. The SMILES string of the molecule is CCN1CCN(Cc2ccc(Nc3ncnc4onc(-c5ccc(F)cc5)c34)cc2)CC1. The summed E-state index contributed by atoms with van der Waals surface area (Å²) in [4.78, 5) is 13.6. The molecule has 0 spiro atoms. The highest BCUT2D eigenvalue weighted by molar-refractivity contribution is 5.98. The molecule has 1 aliphatic rings. The second-order valence-corrected chi connectivity index (χ2v) is 7.97. The van der Waals surface area contributed by atoms with Gasteiger partial charge in [-0.25, -0.2) is 9.37 Å². The molecule has 1 fully saturated rings. The lowest BCUT2D eigenvalue weighted by molar-refractivity contribution is 0.132. The summed E-state index contributed by atoms with van der Waals surface area (Å²) in [5, 5.41) is 8.16. The molecule has 5 rings (SSSR count). The van der Waals surface area contributed by atoms with Gasteiger partial charge in [-0.3, -0.25) is 4.90 Å². The van der Waals surface area contributed by atoms with E-state index in [0.717, 1.165) is 50.5 Å². The number of fused-ring (bicyclic) bond motifs is 1. The molecule has 2 aromatic heterocycles. The predicted octanol–water partition coefficient (Wildman–Crippen LogP) is 4.31. The van der Waals surface area contributed by atoms with Crippen molar-refractivity contribution in [3.63, 3.8) is 0 Å². The maximum atomic E-state index is 13.3. The summed E-state index contributed by atoms with van der Waals surface area (Å²) in [5.74, 6) is 0.294.